The van der Waals surface area contributed by atoms with Crippen molar-refractivity contribution in [1.82, 2.24) is 9.97 Å². The van der Waals surface area contributed by atoms with Crippen molar-refractivity contribution in [3.63, 3.8) is 0 Å². The van der Waals surface area contributed by atoms with Gasteiger partial charge in [0, 0.05) is 12.5 Å². The molecule has 1 aromatic heterocycles. The lowest BCUT2D eigenvalue weighted by Gasteiger charge is -2.16. The standard InChI is InChI=1S/C11H19N3O/c1-6(2)8(4-12)11-13-9-5-15-7(3)10(9)14-11/h6-8H,4-5,12H2,1-3H3,(H,13,14). The maximum atomic E-state index is 5.77. The first-order valence-electron chi connectivity index (χ1n) is 5.53. The van der Waals surface area contributed by atoms with Crippen LogP contribution in [0.2, 0.25) is 0 Å². The van der Waals surface area contributed by atoms with Gasteiger partial charge in [0.15, 0.2) is 0 Å². The fourth-order valence-corrected chi connectivity index (χ4v) is 2.05. The SMILES string of the molecule is CC1OCc2[nH]c(C(CN)C(C)C)nc21. The Balaban J connectivity index is 2.27. The van der Waals surface area contributed by atoms with Crippen molar-refractivity contribution in [1.29, 1.82) is 0 Å². The van der Waals surface area contributed by atoms with E-state index in [1.54, 1.807) is 0 Å². The van der Waals surface area contributed by atoms with Crippen molar-refractivity contribution in [3.8, 4) is 0 Å². The molecule has 1 aliphatic rings. The van der Waals surface area contributed by atoms with Gasteiger partial charge in [0.1, 0.15) is 5.82 Å². The number of hydrogen-bond acceptors (Lipinski definition) is 3. The highest BCUT2D eigenvalue weighted by molar-refractivity contribution is 5.21. The molecule has 84 valence electrons. The smallest absolute Gasteiger partial charge is 0.111 e. The van der Waals surface area contributed by atoms with Crippen LogP contribution in [0.4, 0.5) is 0 Å². The Morgan fingerprint density at radius 3 is 2.87 bits per heavy atom. The maximum Gasteiger partial charge on any atom is 0.111 e. The first kappa shape index (κ1) is 10.6. The second-order valence-corrected chi connectivity index (χ2v) is 4.53. The molecule has 15 heavy (non-hydrogen) atoms. The number of rotatable bonds is 3. The second kappa shape index (κ2) is 3.94. The molecule has 0 radical (unpaired) electrons. The average Bonchev–Trinajstić information content (AvgIpc) is 2.70. The number of aromatic amines is 1. The molecule has 1 aliphatic heterocycles. The summed E-state index contributed by atoms with van der Waals surface area (Å²) >= 11 is 0. The quantitative estimate of drug-likeness (QED) is 0.796. The van der Waals surface area contributed by atoms with E-state index >= 15 is 0 Å². The number of imidazole rings is 1. The van der Waals surface area contributed by atoms with E-state index in [1.165, 1.54) is 0 Å². The summed E-state index contributed by atoms with van der Waals surface area (Å²) in [4.78, 5) is 7.94. The van der Waals surface area contributed by atoms with Crippen LogP contribution in [0.3, 0.4) is 0 Å². The zero-order chi connectivity index (χ0) is 11.0. The molecule has 4 nitrogen and oxygen atoms in total. The van der Waals surface area contributed by atoms with E-state index in [4.69, 9.17) is 10.5 Å². The molecule has 3 N–H and O–H groups in total. The summed E-state index contributed by atoms with van der Waals surface area (Å²) in [6, 6.07) is 0. The van der Waals surface area contributed by atoms with E-state index in [1.807, 2.05) is 6.92 Å². The van der Waals surface area contributed by atoms with Crippen molar-refractivity contribution in [2.75, 3.05) is 6.54 Å². The zero-order valence-electron chi connectivity index (χ0n) is 9.58. The summed E-state index contributed by atoms with van der Waals surface area (Å²) in [5.74, 6) is 1.85. The lowest BCUT2D eigenvalue weighted by atomic mass is 9.95. The first-order valence-corrected chi connectivity index (χ1v) is 5.53. The summed E-state index contributed by atoms with van der Waals surface area (Å²) < 4.78 is 5.47. The van der Waals surface area contributed by atoms with Crippen LogP contribution < -0.4 is 5.73 Å². The second-order valence-electron chi connectivity index (χ2n) is 4.53. The monoisotopic (exact) mass is 209 g/mol. The van der Waals surface area contributed by atoms with Crippen molar-refractivity contribution < 1.29 is 4.74 Å². The van der Waals surface area contributed by atoms with Crippen LogP contribution in [0, 0.1) is 5.92 Å². The summed E-state index contributed by atoms with van der Waals surface area (Å²) in [6.45, 7) is 7.66. The molecule has 0 amide bonds. The molecule has 0 aliphatic carbocycles. The van der Waals surface area contributed by atoms with Gasteiger partial charge in [-0.05, 0) is 12.8 Å². The molecule has 4 heteroatoms. The van der Waals surface area contributed by atoms with Crippen LogP contribution in [0.5, 0.6) is 0 Å². The molecular weight excluding hydrogens is 190 g/mol. The predicted octanol–water partition coefficient (Wildman–Crippen LogP) is 1.70. The van der Waals surface area contributed by atoms with Crippen LogP contribution in [-0.2, 0) is 11.3 Å². The third kappa shape index (κ3) is 1.79. The topological polar surface area (TPSA) is 63.9 Å². The molecule has 2 heterocycles. The van der Waals surface area contributed by atoms with Crippen LogP contribution >= 0.6 is 0 Å². The lowest BCUT2D eigenvalue weighted by molar-refractivity contribution is 0.0756. The van der Waals surface area contributed by atoms with Crippen LogP contribution in [0.1, 0.15) is 50.0 Å². The van der Waals surface area contributed by atoms with Gasteiger partial charge in [-0.2, -0.15) is 0 Å². The average molecular weight is 209 g/mol. The molecule has 0 saturated carbocycles. The first-order chi connectivity index (χ1) is 7.13. The van der Waals surface area contributed by atoms with Gasteiger partial charge in [0.25, 0.3) is 0 Å². The molecule has 0 aromatic carbocycles. The van der Waals surface area contributed by atoms with Gasteiger partial charge >= 0.3 is 0 Å². The Bertz CT molecular complexity index is 346. The number of fused-ring (bicyclic) bond motifs is 1. The highest BCUT2D eigenvalue weighted by Gasteiger charge is 2.27. The number of aromatic nitrogens is 2. The predicted molar refractivity (Wildman–Crippen MR) is 58.4 cm³/mol. The number of H-pyrrole nitrogens is 1. The molecule has 0 fully saturated rings. The molecule has 2 rings (SSSR count). The minimum absolute atomic E-state index is 0.121. The van der Waals surface area contributed by atoms with Crippen LogP contribution in [0.25, 0.3) is 0 Å². The molecule has 0 spiro atoms. The number of ether oxygens (including phenoxy) is 1. The van der Waals surface area contributed by atoms with E-state index in [2.05, 4.69) is 23.8 Å². The van der Waals surface area contributed by atoms with Crippen molar-refractivity contribution in [3.05, 3.63) is 17.2 Å². The Morgan fingerprint density at radius 1 is 1.60 bits per heavy atom. The Hall–Kier alpha value is -0.870. The highest BCUT2D eigenvalue weighted by Crippen LogP contribution is 2.31. The zero-order valence-corrected chi connectivity index (χ0v) is 9.58. The number of nitrogens with two attached hydrogens (primary N) is 1. The van der Waals surface area contributed by atoms with Crippen LogP contribution in [0.15, 0.2) is 0 Å². The van der Waals surface area contributed by atoms with E-state index in [9.17, 15) is 0 Å². The van der Waals surface area contributed by atoms with Gasteiger partial charge in [-0.25, -0.2) is 4.98 Å². The van der Waals surface area contributed by atoms with Gasteiger partial charge in [-0.15, -0.1) is 0 Å². The van der Waals surface area contributed by atoms with Gasteiger partial charge in [0.2, 0.25) is 0 Å². The summed E-state index contributed by atoms with van der Waals surface area (Å²) in [6.07, 6.45) is 0.121. The molecular formula is C11H19N3O. The number of hydrogen-bond donors (Lipinski definition) is 2. The van der Waals surface area contributed by atoms with E-state index in [-0.39, 0.29) is 6.10 Å². The largest absolute Gasteiger partial charge is 0.366 e. The fraction of sp³-hybridized carbons (Fsp3) is 0.727. The van der Waals surface area contributed by atoms with Gasteiger partial charge in [0.05, 0.1) is 24.1 Å². The van der Waals surface area contributed by atoms with Gasteiger partial charge < -0.3 is 15.5 Å². The third-order valence-electron chi connectivity index (χ3n) is 3.10. The van der Waals surface area contributed by atoms with Gasteiger partial charge in [-0.3, -0.25) is 0 Å². The molecule has 1 aromatic rings. The van der Waals surface area contributed by atoms with Gasteiger partial charge in [-0.1, -0.05) is 13.8 Å². The Kier molecular flexibility index (Phi) is 2.80. The van der Waals surface area contributed by atoms with Crippen molar-refractivity contribution in [2.24, 2.45) is 11.7 Å². The molecule has 0 saturated heterocycles. The number of nitrogens with one attached hydrogen (secondary N) is 1. The third-order valence-corrected chi connectivity index (χ3v) is 3.10. The highest BCUT2D eigenvalue weighted by atomic mass is 16.5. The van der Waals surface area contributed by atoms with E-state index < -0.39 is 0 Å². The maximum absolute atomic E-state index is 5.77. The Labute approximate surface area is 90.2 Å². The summed E-state index contributed by atoms with van der Waals surface area (Å²) in [7, 11) is 0. The number of nitrogens with zero attached hydrogens (tertiary/aromatic N) is 1. The lowest BCUT2D eigenvalue weighted by Crippen LogP contribution is -2.19. The van der Waals surface area contributed by atoms with E-state index in [0.29, 0.717) is 25.0 Å². The minimum Gasteiger partial charge on any atom is -0.366 e. The summed E-state index contributed by atoms with van der Waals surface area (Å²) in [5.41, 5.74) is 7.95. The van der Waals surface area contributed by atoms with E-state index in [0.717, 1.165) is 17.2 Å². The minimum atomic E-state index is 0.121. The molecule has 2 atom stereocenters. The molecule has 2 unspecified atom stereocenters. The normalized spacial score (nSPS) is 22.1. The van der Waals surface area contributed by atoms with Crippen molar-refractivity contribution in [2.45, 2.75) is 39.4 Å². The van der Waals surface area contributed by atoms with Crippen molar-refractivity contribution >= 4 is 0 Å². The van der Waals surface area contributed by atoms with Crippen LogP contribution in [-0.4, -0.2) is 16.5 Å². The molecule has 0 bridgehead atoms. The Morgan fingerprint density at radius 2 is 2.33 bits per heavy atom. The fourth-order valence-electron chi connectivity index (χ4n) is 2.05. The summed E-state index contributed by atoms with van der Waals surface area (Å²) in [5, 5.41) is 0.